The first kappa shape index (κ1) is 15.7. The van der Waals surface area contributed by atoms with Gasteiger partial charge in [-0.15, -0.1) is 10.2 Å². The molecule has 0 radical (unpaired) electrons. The lowest BCUT2D eigenvalue weighted by atomic mass is 10.5. The van der Waals surface area contributed by atoms with Gasteiger partial charge in [-0.1, -0.05) is 0 Å². The van der Waals surface area contributed by atoms with Crippen LogP contribution in [0.1, 0.15) is 25.5 Å². The quantitative estimate of drug-likeness (QED) is 0.784. The maximum absolute atomic E-state index is 5.39. The summed E-state index contributed by atoms with van der Waals surface area (Å²) < 4.78 is 7.32. The highest BCUT2D eigenvalue weighted by atomic mass is 32.2. The van der Waals surface area contributed by atoms with E-state index in [4.69, 9.17) is 4.74 Å². The molecule has 0 unspecified atom stereocenters. The van der Waals surface area contributed by atoms with Crippen LogP contribution in [-0.4, -0.2) is 37.9 Å². The van der Waals surface area contributed by atoms with Crippen molar-refractivity contribution in [1.82, 2.24) is 24.7 Å². The van der Waals surface area contributed by atoms with Crippen molar-refractivity contribution in [1.29, 1.82) is 0 Å². The van der Waals surface area contributed by atoms with E-state index in [2.05, 4.69) is 25.5 Å². The molecule has 0 spiro atoms. The van der Waals surface area contributed by atoms with E-state index in [0.717, 1.165) is 28.4 Å². The minimum atomic E-state index is 0.404. The van der Waals surface area contributed by atoms with Gasteiger partial charge >= 0.3 is 0 Å². The minimum absolute atomic E-state index is 0.404. The van der Waals surface area contributed by atoms with Crippen LogP contribution in [-0.2, 0) is 18.4 Å². The molecule has 0 amide bonds. The fourth-order valence-electron chi connectivity index (χ4n) is 1.62. The van der Waals surface area contributed by atoms with Gasteiger partial charge in [0.2, 0.25) is 0 Å². The SMILES string of the molecule is CCNc1cc(Sc2nnc(C)n2C)nc(COCC)n1. The zero-order chi connectivity index (χ0) is 15.2. The van der Waals surface area contributed by atoms with Crippen LogP contribution in [0.5, 0.6) is 0 Å². The third kappa shape index (κ3) is 4.15. The molecule has 1 N–H and O–H groups in total. The Bertz CT molecular complexity index is 600. The van der Waals surface area contributed by atoms with E-state index in [0.29, 0.717) is 19.0 Å². The lowest BCUT2D eigenvalue weighted by Gasteiger charge is -2.08. The van der Waals surface area contributed by atoms with Gasteiger partial charge in [-0.2, -0.15) is 0 Å². The van der Waals surface area contributed by atoms with E-state index >= 15 is 0 Å². The molecule has 2 aromatic rings. The van der Waals surface area contributed by atoms with E-state index in [-0.39, 0.29) is 0 Å². The number of ether oxygens (including phenoxy) is 1. The summed E-state index contributed by atoms with van der Waals surface area (Å²) in [6, 6.07) is 1.91. The summed E-state index contributed by atoms with van der Waals surface area (Å²) in [6.45, 7) is 7.75. The van der Waals surface area contributed by atoms with Gasteiger partial charge in [0.05, 0.1) is 0 Å². The second-order valence-corrected chi connectivity index (χ2v) is 5.35. The zero-order valence-electron chi connectivity index (χ0n) is 12.8. The van der Waals surface area contributed by atoms with Gasteiger partial charge in [0.1, 0.15) is 23.3 Å². The van der Waals surface area contributed by atoms with Crippen LogP contribution < -0.4 is 5.32 Å². The van der Waals surface area contributed by atoms with Gasteiger partial charge in [-0.05, 0) is 32.5 Å². The molecule has 0 aromatic carbocycles. The monoisotopic (exact) mass is 308 g/mol. The summed E-state index contributed by atoms with van der Waals surface area (Å²) in [5, 5.41) is 13.0. The molecule has 0 aliphatic rings. The summed E-state index contributed by atoms with van der Waals surface area (Å²) in [7, 11) is 1.94. The van der Waals surface area contributed by atoms with Crippen molar-refractivity contribution >= 4 is 17.6 Å². The number of hydrogen-bond acceptors (Lipinski definition) is 7. The Morgan fingerprint density at radius 1 is 1.29 bits per heavy atom. The van der Waals surface area contributed by atoms with Gasteiger partial charge < -0.3 is 14.6 Å². The molecule has 2 heterocycles. The molecule has 2 aromatic heterocycles. The van der Waals surface area contributed by atoms with E-state index in [9.17, 15) is 0 Å². The Morgan fingerprint density at radius 3 is 2.71 bits per heavy atom. The van der Waals surface area contributed by atoms with E-state index in [1.165, 1.54) is 11.8 Å². The van der Waals surface area contributed by atoms with Crippen molar-refractivity contribution in [3.05, 3.63) is 17.7 Å². The summed E-state index contributed by atoms with van der Waals surface area (Å²) in [4.78, 5) is 8.93. The highest BCUT2D eigenvalue weighted by Gasteiger charge is 2.11. The average Bonchev–Trinajstić information content (AvgIpc) is 2.77. The predicted molar refractivity (Wildman–Crippen MR) is 81.4 cm³/mol. The number of rotatable bonds is 7. The third-order valence-corrected chi connectivity index (χ3v) is 3.75. The van der Waals surface area contributed by atoms with E-state index in [1.807, 2.05) is 38.5 Å². The first-order valence-corrected chi connectivity index (χ1v) is 7.69. The summed E-state index contributed by atoms with van der Waals surface area (Å²) in [6.07, 6.45) is 0. The van der Waals surface area contributed by atoms with Gasteiger partial charge in [-0.3, -0.25) is 0 Å². The molecule has 0 aliphatic heterocycles. The molecular formula is C13H20N6OS. The molecule has 2 rings (SSSR count). The second-order valence-electron chi connectivity index (χ2n) is 4.37. The average molecular weight is 308 g/mol. The normalized spacial score (nSPS) is 10.9. The Morgan fingerprint density at radius 2 is 2.10 bits per heavy atom. The molecule has 21 heavy (non-hydrogen) atoms. The van der Waals surface area contributed by atoms with Gasteiger partial charge in [0.25, 0.3) is 0 Å². The lowest BCUT2D eigenvalue weighted by Crippen LogP contribution is -2.06. The summed E-state index contributed by atoms with van der Waals surface area (Å²) in [5.41, 5.74) is 0. The number of aryl methyl sites for hydroxylation is 1. The van der Waals surface area contributed by atoms with E-state index < -0.39 is 0 Å². The molecule has 0 atom stereocenters. The van der Waals surface area contributed by atoms with Crippen molar-refractivity contribution in [2.45, 2.75) is 37.6 Å². The third-order valence-electron chi connectivity index (χ3n) is 2.79. The largest absolute Gasteiger partial charge is 0.374 e. The standard InChI is InChI=1S/C13H20N6OS/c1-5-14-10-7-12(16-11(15-10)8-20-6-2)21-13-18-17-9(3)19(13)4/h7H,5-6,8H2,1-4H3,(H,14,15,16). The van der Waals surface area contributed by atoms with Crippen LogP contribution in [0.15, 0.2) is 16.2 Å². The van der Waals surface area contributed by atoms with Gasteiger partial charge in [0.15, 0.2) is 11.0 Å². The maximum atomic E-state index is 5.39. The molecule has 114 valence electrons. The molecule has 0 bridgehead atoms. The highest BCUT2D eigenvalue weighted by molar-refractivity contribution is 7.99. The molecule has 0 saturated carbocycles. The first-order chi connectivity index (χ1) is 10.1. The fraction of sp³-hybridized carbons (Fsp3) is 0.538. The Kier molecular flexibility index (Phi) is 5.51. The minimum Gasteiger partial charge on any atom is -0.374 e. The number of aromatic nitrogens is 5. The second kappa shape index (κ2) is 7.37. The summed E-state index contributed by atoms with van der Waals surface area (Å²) in [5.74, 6) is 2.33. The van der Waals surface area contributed by atoms with Crippen LogP contribution in [0.25, 0.3) is 0 Å². The van der Waals surface area contributed by atoms with Crippen LogP contribution in [0, 0.1) is 6.92 Å². The Labute approximate surface area is 128 Å². The van der Waals surface area contributed by atoms with Crippen molar-refractivity contribution in [3.8, 4) is 0 Å². The Hall–Kier alpha value is -1.67. The van der Waals surface area contributed by atoms with Crippen LogP contribution >= 0.6 is 11.8 Å². The number of hydrogen-bond donors (Lipinski definition) is 1. The van der Waals surface area contributed by atoms with Gasteiger partial charge in [-0.25, -0.2) is 9.97 Å². The summed E-state index contributed by atoms with van der Waals surface area (Å²) >= 11 is 1.47. The molecule has 0 fully saturated rings. The topological polar surface area (TPSA) is 77.8 Å². The molecule has 0 saturated heterocycles. The Balaban J connectivity index is 2.24. The highest BCUT2D eigenvalue weighted by Crippen LogP contribution is 2.26. The number of nitrogens with zero attached hydrogens (tertiary/aromatic N) is 5. The van der Waals surface area contributed by atoms with Crippen LogP contribution in [0.4, 0.5) is 5.82 Å². The molecule has 0 aliphatic carbocycles. The smallest absolute Gasteiger partial charge is 0.197 e. The van der Waals surface area contributed by atoms with Crippen molar-refractivity contribution in [2.75, 3.05) is 18.5 Å². The fourth-order valence-corrected chi connectivity index (χ4v) is 2.48. The molecular weight excluding hydrogens is 288 g/mol. The number of nitrogens with one attached hydrogen (secondary N) is 1. The van der Waals surface area contributed by atoms with Crippen molar-refractivity contribution < 1.29 is 4.74 Å². The van der Waals surface area contributed by atoms with E-state index in [1.54, 1.807) is 0 Å². The zero-order valence-corrected chi connectivity index (χ0v) is 13.6. The number of anilines is 1. The van der Waals surface area contributed by atoms with Gasteiger partial charge in [0, 0.05) is 26.3 Å². The first-order valence-electron chi connectivity index (χ1n) is 6.87. The maximum Gasteiger partial charge on any atom is 0.197 e. The lowest BCUT2D eigenvalue weighted by molar-refractivity contribution is 0.128. The molecule has 8 heteroatoms. The van der Waals surface area contributed by atoms with Crippen molar-refractivity contribution in [2.24, 2.45) is 7.05 Å². The molecule has 7 nitrogen and oxygen atoms in total. The van der Waals surface area contributed by atoms with Crippen LogP contribution in [0.2, 0.25) is 0 Å². The predicted octanol–water partition coefficient (Wildman–Crippen LogP) is 2.03. The van der Waals surface area contributed by atoms with Crippen molar-refractivity contribution in [3.63, 3.8) is 0 Å². The van der Waals surface area contributed by atoms with Crippen LogP contribution in [0.3, 0.4) is 0 Å².